The second-order valence-electron chi connectivity index (χ2n) is 3.38. The van der Waals surface area contributed by atoms with Crippen LogP contribution in [-0.4, -0.2) is 19.3 Å². The van der Waals surface area contributed by atoms with E-state index in [1.807, 2.05) is 25.1 Å². The van der Waals surface area contributed by atoms with E-state index in [-0.39, 0.29) is 12.2 Å². The van der Waals surface area contributed by atoms with Gasteiger partial charge in [0.2, 0.25) is 0 Å². The van der Waals surface area contributed by atoms with Crippen molar-refractivity contribution in [3.63, 3.8) is 0 Å². The highest BCUT2D eigenvalue weighted by Crippen LogP contribution is 2.22. The van der Waals surface area contributed by atoms with E-state index >= 15 is 0 Å². The molecule has 2 rings (SSSR count). The molecule has 2 unspecified atom stereocenters. The second-order valence-corrected chi connectivity index (χ2v) is 3.38. The molecule has 0 aromatic heterocycles. The van der Waals surface area contributed by atoms with Crippen LogP contribution in [0.1, 0.15) is 18.6 Å². The Labute approximate surface area is 78.5 Å². The van der Waals surface area contributed by atoms with Gasteiger partial charge in [0.15, 0.2) is 0 Å². The predicted molar refractivity (Wildman–Crippen MR) is 50.5 cm³/mol. The quantitative estimate of drug-likeness (QED) is 0.656. The first-order valence-corrected chi connectivity index (χ1v) is 4.64. The fraction of sp³-hybridized carbons (Fsp3) is 0.455. The van der Waals surface area contributed by atoms with E-state index in [4.69, 9.17) is 9.47 Å². The summed E-state index contributed by atoms with van der Waals surface area (Å²) in [5.74, 6) is 0. The molecule has 0 radical (unpaired) electrons. The molecule has 1 aliphatic rings. The zero-order valence-electron chi connectivity index (χ0n) is 7.77. The molecule has 2 atom stereocenters. The van der Waals surface area contributed by atoms with Gasteiger partial charge < -0.3 is 9.47 Å². The maximum absolute atomic E-state index is 5.75. The zero-order valence-corrected chi connectivity index (χ0v) is 7.77. The van der Waals surface area contributed by atoms with Gasteiger partial charge in [-0.05, 0) is 12.5 Å². The van der Waals surface area contributed by atoms with Crippen molar-refractivity contribution in [1.29, 1.82) is 0 Å². The normalized spacial score (nSPS) is 28.7. The van der Waals surface area contributed by atoms with Gasteiger partial charge in [0.05, 0.1) is 19.3 Å². The van der Waals surface area contributed by atoms with E-state index in [1.54, 1.807) is 0 Å². The molecule has 1 fully saturated rings. The summed E-state index contributed by atoms with van der Waals surface area (Å²) in [4.78, 5) is 0. The minimum Gasteiger partial charge on any atom is -0.376 e. The van der Waals surface area contributed by atoms with Crippen molar-refractivity contribution in [1.82, 2.24) is 0 Å². The second kappa shape index (κ2) is 3.90. The molecule has 1 saturated heterocycles. The molecule has 0 spiro atoms. The van der Waals surface area contributed by atoms with Gasteiger partial charge in [-0.2, -0.15) is 0 Å². The minimum absolute atomic E-state index is 0.116. The largest absolute Gasteiger partial charge is 0.376 e. The van der Waals surface area contributed by atoms with Crippen LogP contribution < -0.4 is 0 Å². The van der Waals surface area contributed by atoms with Crippen LogP contribution in [0, 0.1) is 0 Å². The SMILES string of the molecule is CC1COCC(c2ccccc2)O1. The predicted octanol–water partition coefficient (Wildman–Crippen LogP) is 2.16. The first-order valence-electron chi connectivity index (χ1n) is 4.64. The number of hydrogen-bond acceptors (Lipinski definition) is 2. The Morgan fingerprint density at radius 3 is 2.62 bits per heavy atom. The smallest absolute Gasteiger partial charge is 0.106 e. The average molecular weight is 178 g/mol. The molecule has 1 aromatic rings. The van der Waals surface area contributed by atoms with Gasteiger partial charge in [0.25, 0.3) is 0 Å². The summed E-state index contributed by atoms with van der Waals surface area (Å²) < 4.78 is 11.2. The molecule has 70 valence electrons. The Kier molecular flexibility index (Phi) is 2.62. The molecule has 0 saturated carbocycles. The van der Waals surface area contributed by atoms with Gasteiger partial charge in [-0.1, -0.05) is 30.3 Å². The maximum atomic E-state index is 5.75. The molecule has 2 heteroatoms. The van der Waals surface area contributed by atoms with Gasteiger partial charge in [-0.25, -0.2) is 0 Å². The van der Waals surface area contributed by atoms with Crippen LogP contribution in [-0.2, 0) is 9.47 Å². The van der Waals surface area contributed by atoms with Crippen LogP contribution >= 0.6 is 0 Å². The first-order chi connectivity index (χ1) is 6.36. The molecule has 2 nitrogen and oxygen atoms in total. The maximum Gasteiger partial charge on any atom is 0.106 e. The summed E-state index contributed by atoms with van der Waals surface area (Å²) in [7, 11) is 0. The van der Waals surface area contributed by atoms with E-state index in [2.05, 4.69) is 12.1 Å². The highest BCUT2D eigenvalue weighted by Gasteiger charge is 2.20. The molecule has 1 aliphatic heterocycles. The van der Waals surface area contributed by atoms with Crippen molar-refractivity contribution in [3.05, 3.63) is 35.9 Å². The van der Waals surface area contributed by atoms with E-state index in [0.29, 0.717) is 13.2 Å². The Hall–Kier alpha value is -0.860. The Balaban J connectivity index is 2.08. The van der Waals surface area contributed by atoms with Crippen molar-refractivity contribution >= 4 is 0 Å². The van der Waals surface area contributed by atoms with Crippen molar-refractivity contribution in [2.75, 3.05) is 13.2 Å². The summed E-state index contributed by atoms with van der Waals surface area (Å²) in [6.45, 7) is 3.42. The first kappa shape index (κ1) is 8.73. The summed E-state index contributed by atoms with van der Waals surface area (Å²) in [5, 5.41) is 0. The van der Waals surface area contributed by atoms with Gasteiger partial charge in [0, 0.05) is 0 Å². The standard InChI is InChI=1S/C11H14O2/c1-9-7-12-8-11(13-9)10-5-3-2-4-6-10/h2-6,9,11H,7-8H2,1H3. The fourth-order valence-electron chi connectivity index (χ4n) is 1.54. The van der Waals surface area contributed by atoms with Crippen LogP contribution in [0.2, 0.25) is 0 Å². The van der Waals surface area contributed by atoms with Crippen molar-refractivity contribution < 1.29 is 9.47 Å². The molecule has 0 N–H and O–H groups in total. The van der Waals surface area contributed by atoms with Crippen molar-refractivity contribution in [2.24, 2.45) is 0 Å². The number of hydrogen-bond donors (Lipinski definition) is 0. The fourth-order valence-corrected chi connectivity index (χ4v) is 1.54. The number of ether oxygens (including phenoxy) is 2. The van der Waals surface area contributed by atoms with E-state index in [0.717, 1.165) is 0 Å². The third-order valence-corrected chi connectivity index (χ3v) is 2.19. The van der Waals surface area contributed by atoms with Crippen LogP contribution in [0.4, 0.5) is 0 Å². The average Bonchev–Trinajstić information content (AvgIpc) is 2.19. The summed E-state index contributed by atoms with van der Waals surface area (Å²) in [5.41, 5.74) is 1.20. The van der Waals surface area contributed by atoms with Crippen molar-refractivity contribution in [3.8, 4) is 0 Å². The van der Waals surface area contributed by atoms with Crippen LogP contribution in [0.15, 0.2) is 30.3 Å². The molecule has 13 heavy (non-hydrogen) atoms. The molecular formula is C11H14O2. The highest BCUT2D eigenvalue weighted by atomic mass is 16.6. The van der Waals surface area contributed by atoms with Crippen molar-refractivity contribution in [2.45, 2.75) is 19.1 Å². The number of rotatable bonds is 1. The lowest BCUT2D eigenvalue weighted by Crippen LogP contribution is -2.28. The third kappa shape index (κ3) is 2.08. The molecule has 0 aliphatic carbocycles. The molecule has 0 bridgehead atoms. The van der Waals surface area contributed by atoms with E-state index in [9.17, 15) is 0 Å². The minimum atomic E-state index is 0.116. The number of benzene rings is 1. The lowest BCUT2D eigenvalue weighted by atomic mass is 10.1. The van der Waals surface area contributed by atoms with E-state index < -0.39 is 0 Å². The topological polar surface area (TPSA) is 18.5 Å². The van der Waals surface area contributed by atoms with Gasteiger partial charge in [-0.3, -0.25) is 0 Å². The molecule has 0 amide bonds. The van der Waals surface area contributed by atoms with Crippen LogP contribution in [0.5, 0.6) is 0 Å². The van der Waals surface area contributed by atoms with Gasteiger partial charge >= 0.3 is 0 Å². The van der Waals surface area contributed by atoms with Crippen LogP contribution in [0.3, 0.4) is 0 Å². The van der Waals surface area contributed by atoms with Gasteiger partial charge in [0.1, 0.15) is 6.10 Å². The third-order valence-electron chi connectivity index (χ3n) is 2.19. The summed E-state index contributed by atoms with van der Waals surface area (Å²) >= 11 is 0. The molecular weight excluding hydrogens is 164 g/mol. The molecule has 1 heterocycles. The lowest BCUT2D eigenvalue weighted by molar-refractivity contribution is -0.132. The highest BCUT2D eigenvalue weighted by molar-refractivity contribution is 5.17. The Morgan fingerprint density at radius 2 is 1.92 bits per heavy atom. The Morgan fingerprint density at radius 1 is 1.15 bits per heavy atom. The monoisotopic (exact) mass is 178 g/mol. The zero-order chi connectivity index (χ0) is 9.10. The lowest BCUT2D eigenvalue weighted by Gasteiger charge is -2.28. The summed E-state index contributed by atoms with van der Waals surface area (Å²) in [6.07, 6.45) is 0.323. The summed E-state index contributed by atoms with van der Waals surface area (Å²) in [6, 6.07) is 10.2. The molecule has 1 aromatic carbocycles. The van der Waals surface area contributed by atoms with Gasteiger partial charge in [-0.15, -0.1) is 0 Å². The van der Waals surface area contributed by atoms with E-state index in [1.165, 1.54) is 5.56 Å². The Bertz CT molecular complexity index is 258. The van der Waals surface area contributed by atoms with Crippen LogP contribution in [0.25, 0.3) is 0 Å².